The molecule has 1 aliphatic rings. The maximum Gasteiger partial charge on any atom is 0.343 e. The van der Waals surface area contributed by atoms with Crippen LogP contribution in [0.4, 0.5) is 0 Å². The minimum absolute atomic E-state index is 0.324. The molecule has 0 bridgehead atoms. The summed E-state index contributed by atoms with van der Waals surface area (Å²) in [4.78, 5) is 24.7. The van der Waals surface area contributed by atoms with Crippen LogP contribution in [0.5, 0.6) is 5.75 Å². The smallest absolute Gasteiger partial charge is 0.343 e. The number of hydrogen-bond acceptors (Lipinski definition) is 5. The second-order valence-electron chi connectivity index (χ2n) is 6.97. The molecule has 0 radical (unpaired) electrons. The number of nitrogens with one attached hydrogen (secondary N) is 1. The zero-order valence-corrected chi connectivity index (χ0v) is 16.4. The highest BCUT2D eigenvalue weighted by atomic mass is 16.5. The lowest BCUT2D eigenvalue weighted by Gasteiger charge is -2.07. The largest absolute Gasteiger partial charge is 0.422 e. The van der Waals surface area contributed by atoms with Gasteiger partial charge in [0, 0.05) is 11.1 Å². The second kappa shape index (κ2) is 8.71. The summed E-state index contributed by atoms with van der Waals surface area (Å²) in [6, 6.07) is 19.6. The van der Waals surface area contributed by atoms with Crippen LogP contribution < -0.4 is 10.2 Å². The number of aryl methyl sites for hydroxylation is 1. The van der Waals surface area contributed by atoms with E-state index in [0.717, 1.165) is 16.7 Å². The molecule has 0 aliphatic carbocycles. The molecule has 150 valence electrons. The number of hydrogen-bond donors (Lipinski definition) is 1. The van der Waals surface area contributed by atoms with Crippen molar-refractivity contribution in [1.29, 1.82) is 0 Å². The summed E-state index contributed by atoms with van der Waals surface area (Å²) in [5.41, 5.74) is 7.22. The van der Waals surface area contributed by atoms with Crippen LogP contribution in [0.3, 0.4) is 0 Å². The van der Waals surface area contributed by atoms with E-state index in [4.69, 9.17) is 9.47 Å². The van der Waals surface area contributed by atoms with E-state index in [1.54, 1.807) is 42.5 Å². The second-order valence-corrected chi connectivity index (χ2v) is 6.97. The van der Waals surface area contributed by atoms with Crippen LogP contribution in [-0.2, 0) is 18.0 Å². The fourth-order valence-corrected chi connectivity index (χ4v) is 3.07. The van der Waals surface area contributed by atoms with Gasteiger partial charge in [0.25, 0.3) is 5.91 Å². The van der Waals surface area contributed by atoms with Crippen molar-refractivity contribution in [2.45, 2.75) is 20.1 Å². The average Bonchev–Trinajstić information content (AvgIpc) is 3.23. The third-order valence-electron chi connectivity index (χ3n) is 4.76. The summed E-state index contributed by atoms with van der Waals surface area (Å²) >= 11 is 0. The summed E-state index contributed by atoms with van der Waals surface area (Å²) in [7, 11) is 0. The van der Waals surface area contributed by atoms with Crippen molar-refractivity contribution in [3.63, 3.8) is 0 Å². The first kappa shape index (κ1) is 19.5. The summed E-state index contributed by atoms with van der Waals surface area (Å²) in [5, 5.41) is 4.02. The molecule has 30 heavy (non-hydrogen) atoms. The van der Waals surface area contributed by atoms with Crippen molar-refractivity contribution in [1.82, 2.24) is 5.43 Å². The van der Waals surface area contributed by atoms with Crippen LogP contribution >= 0.6 is 0 Å². The molecule has 4 rings (SSSR count). The molecule has 1 amide bonds. The van der Waals surface area contributed by atoms with Crippen molar-refractivity contribution < 1.29 is 19.1 Å². The lowest BCUT2D eigenvalue weighted by molar-refractivity contribution is 0.0734. The first-order chi connectivity index (χ1) is 14.6. The number of fused-ring (bicyclic) bond motifs is 1. The number of carbonyl (C=O) groups excluding carboxylic acids is 2. The summed E-state index contributed by atoms with van der Waals surface area (Å²) in [6.07, 6.45) is 1.45. The average molecular weight is 400 g/mol. The fourth-order valence-electron chi connectivity index (χ4n) is 3.07. The maximum absolute atomic E-state index is 12.4. The van der Waals surface area contributed by atoms with E-state index >= 15 is 0 Å². The Labute approximate surface area is 174 Å². The van der Waals surface area contributed by atoms with Crippen molar-refractivity contribution in [2.75, 3.05) is 0 Å². The highest BCUT2D eigenvalue weighted by Crippen LogP contribution is 2.21. The van der Waals surface area contributed by atoms with E-state index in [-0.39, 0.29) is 5.91 Å². The molecule has 0 saturated heterocycles. The molecule has 0 fully saturated rings. The maximum atomic E-state index is 12.4. The molecule has 1 N–H and O–H groups in total. The van der Waals surface area contributed by atoms with Gasteiger partial charge in [-0.3, -0.25) is 4.79 Å². The van der Waals surface area contributed by atoms with Gasteiger partial charge in [-0.1, -0.05) is 35.9 Å². The summed E-state index contributed by atoms with van der Waals surface area (Å²) in [6.45, 7) is 3.04. The molecule has 0 unspecified atom stereocenters. The van der Waals surface area contributed by atoms with Gasteiger partial charge in [0.2, 0.25) is 0 Å². The Hall–Kier alpha value is -3.77. The summed E-state index contributed by atoms with van der Waals surface area (Å²) in [5.74, 6) is -0.425. The SMILES string of the molecule is Cc1ccc(C(=O)Oc2ccccc2C=NNC(=O)c2ccc3c(c2)COC3)cc1. The Morgan fingerprint density at radius 3 is 2.53 bits per heavy atom. The van der Waals surface area contributed by atoms with Crippen LogP contribution in [0.2, 0.25) is 0 Å². The molecule has 1 heterocycles. The monoisotopic (exact) mass is 400 g/mol. The van der Waals surface area contributed by atoms with E-state index < -0.39 is 5.97 Å². The van der Waals surface area contributed by atoms with E-state index in [2.05, 4.69) is 10.5 Å². The molecular weight excluding hydrogens is 380 g/mol. The number of rotatable bonds is 5. The molecule has 1 aliphatic heterocycles. The molecular formula is C24H20N2O4. The first-order valence-electron chi connectivity index (χ1n) is 9.51. The van der Waals surface area contributed by atoms with E-state index in [1.807, 2.05) is 31.2 Å². The summed E-state index contributed by atoms with van der Waals surface area (Å²) < 4.78 is 10.9. The minimum Gasteiger partial charge on any atom is -0.422 e. The molecule has 0 spiro atoms. The molecule has 3 aromatic carbocycles. The van der Waals surface area contributed by atoms with Gasteiger partial charge in [-0.25, -0.2) is 10.2 Å². The van der Waals surface area contributed by atoms with Crippen LogP contribution in [0.15, 0.2) is 71.8 Å². The fraction of sp³-hybridized carbons (Fsp3) is 0.125. The van der Waals surface area contributed by atoms with Crippen LogP contribution in [0, 0.1) is 6.92 Å². The molecule has 6 heteroatoms. The van der Waals surface area contributed by atoms with Crippen molar-refractivity contribution in [3.8, 4) is 5.75 Å². The Balaban J connectivity index is 1.43. The molecule has 0 saturated carbocycles. The number of para-hydroxylation sites is 1. The van der Waals surface area contributed by atoms with Crippen LogP contribution in [0.1, 0.15) is 43.0 Å². The molecule has 0 aromatic heterocycles. The lowest BCUT2D eigenvalue weighted by Crippen LogP contribution is -2.18. The zero-order valence-electron chi connectivity index (χ0n) is 16.4. The number of amides is 1. The molecule has 6 nitrogen and oxygen atoms in total. The van der Waals surface area contributed by atoms with E-state index in [1.165, 1.54) is 6.21 Å². The third-order valence-corrected chi connectivity index (χ3v) is 4.76. The highest BCUT2D eigenvalue weighted by molar-refractivity contribution is 5.96. The van der Waals surface area contributed by atoms with Gasteiger partial charge in [-0.15, -0.1) is 0 Å². The van der Waals surface area contributed by atoms with Gasteiger partial charge < -0.3 is 9.47 Å². The van der Waals surface area contributed by atoms with Crippen LogP contribution in [-0.4, -0.2) is 18.1 Å². The number of esters is 1. The van der Waals surface area contributed by atoms with E-state index in [0.29, 0.717) is 35.7 Å². The topological polar surface area (TPSA) is 77.0 Å². The normalized spacial score (nSPS) is 12.6. The van der Waals surface area contributed by atoms with Crippen molar-refractivity contribution in [3.05, 3.63) is 100 Å². The number of carbonyl (C=O) groups is 2. The molecule has 0 atom stereocenters. The van der Waals surface area contributed by atoms with Gasteiger partial charge in [-0.2, -0.15) is 5.10 Å². The Morgan fingerprint density at radius 2 is 1.70 bits per heavy atom. The van der Waals surface area contributed by atoms with Gasteiger partial charge in [0.15, 0.2) is 0 Å². The van der Waals surface area contributed by atoms with Crippen molar-refractivity contribution in [2.24, 2.45) is 5.10 Å². The Morgan fingerprint density at radius 1 is 0.967 bits per heavy atom. The van der Waals surface area contributed by atoms with E-state index in [9.17, 15) is 9.59 Å². The Kier molecular flexibility index (Phi) is 5.68. The van der Waals surface area contributed by atoms with Crippen molar-refractivity contribution >= 4 is 18.1 Å². The minimum atomic E-state index is -0.458. The van der Waals surface area contributed by atoms with Gasteiger partial charge in [0.05, 0.1) is 25.0 Å². The number of benzene rings is 3. The first-order valence-corrected chi connectivity index (χ1v) is 9.51. The highest BCUT2D eigenvalue weighted by Gasteiger charge is 2.14. The number of ether oxygens (including phenoxy) is 2. The predicted octanol–water partition coefficient (Wildman–Crippen LogP) is 4.01. The standard InChI is InChI=1S/C24H20N2O4/c1-16-6-8-17(9-7-16)24(28)30-22-5-3-2-4-19(22)13-25-26-23(27)18-10-11-20-14-29-15-21(20)12-18/h2-13H,14-15H2,1H3,(H,26,27). The van der Waals surface area contributed by atoms with Gasteiger partial charge >= 0.3 is 5.97 Å². The van der Waals surface area contributed by atoms with Gasteiger partial charge in [0.1, 0.15) is 5.75 Å². The van der Waals surface area contributed by atoms with Crippen LogP contribution in [0.25, 0.3) is 0 Å². The molecule has 3 aromatic rings. The number of nitrogens with zero attached hydrogens (tertiary/aromatic N) is 1. The van der Waals surface area contributed by atoms with Gasteiger partial charge in [-0.05, 0) is 54.4 Å². The predicted molar refractivity (Wildman–Crippen MR) is 113 cm³/mol. The quantitative estimate of drug-likeness (QED) is 0.304. The lowest BCUT2D eigenvalue weighted by atomic mass is 10.1. The Bertz CT molecular complexity index is 1120. The third kappa shape index (κ3) is 4.45. The number of hydrazone groups is 1. The zero-order chi connectivity index (χ0) is 20.9.